The van der Waals surface area contributed by atoms with Crippen LogP contribution in [-0.4, -0.2) is 55.1 Å². The number of benzene rings is 2. The summed E-state index contributed by atoms with van der Waals surface area (Å²) in [5.41, 5.74) is 3.13. The molecule has 3 aromatic rings. The van der Waals surface area contributed by atoms with Crippen LogP contribution >= 0.6 is 0 Å². The fourth-order valence-corrected chi connectivity index (χ4v) is 4.07. The second-order valence-electron chi connectivity index (χ2n) is 8.71. The fourth-order valence-electron chi connectivity index (χ4n) is 4.07. The predicted molar refractivity (Wildman–Crippen MR) is 130 cm³/mol. The van der Waals surface area contributed by atoms with E-state index < -0.39 is 0 Å². The molecule has 0 atom stereocenters. The number of halogens is 2. The van der Waals surface area contributed by atoms with Gasteiger partial charge in [-0.2, -0.15) is 0 Å². The molecule has 1 fully saturated rings. The van der Waals surface area contributed by atoms with Crippen molar-refractivity contribution in [2.24, 2.45) is 0 Å². The molecular formula is C28H30F2N2O3. The van der Waals surface area contributed by atoms with Gasteiger partial charge in [-0.3, -0.25) is 14.7 Å². The number of ether oxygens (including phenoxy) is 2. The maximum Gasteiger partial charge on any atom is 0.139 e. The Morgan fingerprint density at radius 1 is 0.971 bits per heavy atom. The molecule has 2 aromatic carbocycles. The number of rotatable bonds is 11. The van der Waals surface area contributed by atoms with Crippen molar-refractivity contribution in [3.8, 4) is 16.9 Å². The Kier molecular flexibility index (Phi) is 8.92. The van der Waals surface area contributed by atoms with Gasteiger partial charge in [0, 0.05) is 56.0 Å². The molecule has 0 amide bonds. The molecule has 0 radical (unpaired) electrons. The van der Waals surface area contributed by atoms with Gasteiger partial charge in [0.05, 0.1) is 19.8 Å². The molecule has 184 valence electrons. The molecule has 0 bridgehead atoms. The number of hydrogen-bond acceptors (Lipinski definition) is 5. The second-order valence-corrected chi connectivity index (χ2v) is 8.71. The third-order valence-corrected chi connectivity index (χ3v) is 6.00. The van der Waals surface area contributed by atoms with Crippen molar-refractivity contribution in [2.75, 3.05) is 39.5 Å². The largest absolute Gasteiger partial charge is 0.493 e. The zero-order valence-corrected chi connectivity index (χ0v) is 19.7. The maximum atomic E-state index is 14.1. The smallest absolute Gasteiger partial charge is 0.139 e. The lowest BCUT2D eigenvalue weighted by atomic mass is 10.0. The molecule has 1 saturated heterocycles. The first-order valence-corrected chi connectivity index (χ1v) is 12.0. The lowest BCUT2D eigenvalue weighted by Crippen LogP contribution is -2.37. The first-order chi connectivity index (χ1) is 17.0. The summed E-state index contributed by atoms with van der Waals surface area (Å²) in [4.78, 5) is 19.2. The normalized spacial score (nSPS) is 14.1. The third-order valence-electron chi connectivity index (χ3n) is 6.00. The van der Waals surface area contributed by atoms with Crippen LogP contribution in [0.2, 0.25) is 0 Å². The summed E-state index contributed by atoms with van der Waals surface area (Å²) in [5.74, 6) is -0.127. The number of aryl methyl sites for hydroxylation is 1. The summed E-state index contributed by atoms with van der Waals surface area (Å²) in [6.45, 7) is 4.85. The van der Waals surface area contributed by atoms with Crippen molar-refractivity contribution in [1.82, 2.24) is 9.88 Å². The Bertz CT molecular complexity index is 1100. The Balaban J connectivity index is 1.23. The van der Waals surface area contributed by atoms with E-state index in [-0.39, 0.29) is 23.8 Å². The van der Waals surface area contributed by atoms with Gasteiger partial charge in [0.15, 0.2) is 0 Å². The molecule has 5 nitrogen and oxygen atoms in total. The van der Waals surface area contributed by atoms with Gasteiger partial charge in [-0.25, -0.2) is 8.78 Å². The number of morpholine rings is 1. The van der Waals surface area contributed by atoms with E-state index in [0.29, 0.717) is 30.9 Å². The fraction of sp³-hybridized carbons (Fsp3) is 0.357. The minimum absolute atomic E-state index is 0.0317. The molecule has 0 N–H and O–H groups in total. The molecule has 0 unspecified atom stereocenters. The highest BCUT2D eigenvalue weighted by molar-refractivity contribution is 5.80. The lowest BCUT2D eigenvalue weighted by Gasteiger charge is -2.26. The van der Waals surface area contributed by atoms with Crippen molar-refractivity contribution in [3.63, 3.8) is 0 Å². The molecule has 35 heavy (non-hydrogen) atoms. The van der Waals surface area contributed by atoms with Gasteiger partial charge in [0.2, 0.25) is 0 Å². The molecule has 0 aliphatic carbocycles. The van der Waals surface area contributed by atoms with Gasteiger partial charge in [-0.15, -0.1) is 0 Å². The second kappa shape index (κ2) is 12.5. The summed E-state index contributed by atoms with van der Waals surface area (Å²) in [7, 11) is 0. The number of aromatic nitrogens is 1. The van der Waals surface area contributed by atoms with Crippen LogP contribution in [0.25, 0.3) is 11.1 Å². The number of ketones is 1. The van der Waals surface area contributed by atoms with Gasteiger partial charge in [-0.05, 0) is 54.3 Å². The Morgan fingerprint density at radius 2 is 1.74 bits per heavy atom. The molecule has 1 aliphatic rings. The average molecular weight is 481 g/mol. The van der Waals surface area contributed by atoms with Gasteiger partial charge in [0.1, 0.15) is 23.2 Å². The lowest BCUT2D eigenvalue weighted by molar-refractivity contribution is -0.118. The van der Waals surface area contributed by atoms with Crippen LogP contribution in [0.15, 0.2) is 60.8 Å². The van der Waals surface area contributed by atoms with Gasteiger partial charge >= 0.3 is 0 Å². The molecule has 1 aromatic heterocycles. The number of pyridine rings is 1. The highest BCUT2D eigenvalue weighted by Gasteiger charge is 2.11. The summed E-state index contributed by atoms with van der Waals surface area (Å²) in [6.07, 6.45) is 3.49. The number of carbonyl (C=O) groups is 1. The molecular weight excluding hydrogens is 450 g/mol. The van der Waals surface area contributed by atoms with E-state index in [1.165, 1.54) is 24.3 Å². The van der Waals surface area contributed by atoms with Crippen molar-refractivity contribution < 1.29 is 23.0 Å². The Morgan fingerprint density at radius 3 is 2.49 bits per heavy atom. The quantitative estimate of drug-likeness (QED) is 0.367. The number of carbonyl (C=O) groups excluding carboxylic acids is 1. The molecule has 7 heteroatoms. The van der Waals surface area contributed by atoms with Crippen LogP contribution in [0, 0.1) is 11.6 Å². The number of nitrogens with zero attached hydrogens (tertiary/aromatic N) is 2. The van der Waals surface area contributed by atoms with E-state index in [1.807, 2.05) is 12.1 Å². The predicted octanol–water partition coefficient (Wildman–Crippen LogP) is 4.87. The van der Waals surface area contributed by atoms with Gasteiger partial charge in [-0.1, -0.05) is 18.2 Å². The standard InChI is InChI=1S/C28H30F2N2O3/c29-24-6-3-22(4-7-24)23-5-8-26(31-20-23)19-27(33)9-2-21-16-25(30)18-28(17-21)35-13-1-10-32-11-14-34-15-12-32/h3-8,16-18,20H,1-2,9-15,19H2. The van der Waals surface area contributed by atoms with Gasteiger partial charge < -0.3 is 9.47 Å². The van der Waals surface area contributed by atoms with E-state index in [0.717, 1.165) is 56.0 Å². The van der Waals surface area contributed by atoms with E-state index in [9.17, 15) is 13.6 Å². The number of Topliss-reactive ketones (excluding diaryl/α,β-unsaturated/α-hetero) is 1. The topological polar surface area (TPSA) is 51.7 Å². The molecule has 0 saturated carbocycles. The van der Waals surface area contributed by atoms with Crippen LogP contribution in [0.1, 0.15) is 24.1 Å². The monoisotopic (exact) mass is 480 g/mol. The van der Waals surface area contributed by atoms with Crippen molar-refractivity contribution in [3.05, 3.63) is 83.7 Å². The highest BCUT2D eigenvalue weighted by atomic mass is 19.1. The summed E-state index contributed by atoms with van der Waals surface area (Å²) in [5, 5.41) is 0. The zero-order valence-electron chi connectivity index (χ0n) is 19.7. The zero-order chi connectivity index (χ0) is 24.5. The summed E-state index contributed by atoms with van der Waals surface area (Å²) < 4.78 is 38.3. The van der Waals surface area contributed by atoms with Crippen molar-refractivity contribution >= 4 is 5.78 Å². The molecule has 4 rings (SSSR count). The maximum absolute atomic E-state index is 14.1. The van der Waals surface area contributed by atoms with E-state index in [4.69, 9.17) is 9.47 Å². The SMILES string of the molecule is O=C(CCc1cc(F)cc(OCCCN2CCOCC2)c1)Cc1ccc(-c2ccc(F)cc2)cn1. The van der Waals surface area contributed by atoms with E-state index in [1.54, 1.807) is 24.4 Å². The van der Waals surface area contributed by atoms with Crippen LogP contribution < -0.4 is 4.74 Å². The van der Waals surface area contributed by atoms with E-state index in [2.05, 4.69) is 9.88 Å². The van der Waals surface area contributed by atoms with Crippen LogP contribution in [-0.2, 0) is 22.4 Å². The highest BCUT2D eigenvalue weighted by Crippen LogP contribution is 2.20. The summed E-state index contributed by atoms with van der Waals surface area (Å²) >= 11 is 0. The van der Waals surface area contributed by atoms with Crippen LogP contribution in [0.5, 0.6) is 5.75 Å². The first kappa shape index (κ1) is 24.9. The minimum atomic E-state index is -0.365. The van der Waals surface area contributed by atoms with Crippen molar-refractivity contribution in [2.45, 2.75) is 25.7 Å². The van der Waals surface area contributed by atoms with Crippen LogP contribution in [0.3, 0.4) is 0 Å². The van der Waals surface area contributed by atoms with Gasteiger partial charge in [0.25, 0.3) is 0 Å². The van der Waals surface area contributed by atoms with E-state index >= 15 is 0 Å². The number of hydrogen-bond donors (Lipinski definition) is 0. The summed E-state index contributed by atoms with van der Waals surface area (Å²) in [6, 6.07) is 14.5. The molecule has 1 aliphatic heterocycles. The Hall–Kier alpha value is -3.16. The minimum Gasteiger partial charge on any atom is -0.493 e. The van der Waals surface area contributed by atoms with Crippen LogP contribution in [0.4, 0.5) is 8.78 Å². The average Bonchev–Trinajstić information content (AvgIpc) is 2.87. The Labute approximate surface area is 204 Å². The molecule has 0 spiro atoms. The first-order valence-electron chi connectivity index (χ1n) is 12.0. The van der Waals surface area contributed by atoms with Crippen molar-refractivity contribution in [1.29, 1.82) is 0 Å². The third kappa shape index (κ3) is 7.94. The molecule has 2 heterocycles.